The Labute approximate surface area is 128 Å². The summed E-state index contributed by atoms with van der Waals surface area (Å²) >= 11 is 0. The number of benzene rings is 2. The molecule has 0 amide bonds. The quantitative estimate of drug-likeness (QED) is 0.835. The molecule has 0 atom stereocenters. The molecule has 0 bridgehead atoms. The van der Waals surface area contributed by atoms with Gasteiger partial charge in [0.15, 0.2) is 0 Å². The Hall–Kier alpha value is -2.06. The third-order valence-corrected chi connectivity index (χ3v) is 3.79. The highest BCUT2D eigenvalue weighted by molar-refractivity contribution is 5.39. The fourth-order valence-corrected chi connectivity index (χ4v) is 2.51. The summed E-state index contributed by atoms with van der Waals surface area (Å²) in [6, 6.07) is 21.2. The van der Waals surface area contributed by atoms with Crippen LogP contribution in [0, 0.1) is 0 Å². The van der Waals surface area contributed by atoms with E-state index < -0.39 is 0 Å². The lowest BCUT2D eigenvalue weighted by Crippen LogP contribution is -2.29. The third-order valence-electron chi connectivity index (χ3n) is 3.79. The van der Waals surface area contributed by atoms with Crippen LogP contribution in [0.25, 0.3) is 0 Å². The lowest BCUT2D eigenvalue weighted by Gasteiger charge is -2.29. The van der Waals surface area contributed by atoms with E-state index in [0.29, 0.717) is 0 Å². The molecule has 0 aliphatic carbocycles. The predicted octanol–water partition coefficient (Wildman–Crippen LogP) is 3.48. The molecule has 0 spiro atoms. The van der Waals surface area contributed by atoms with Crippen LogP contribution in [0.5, 0.6) is 0 Å². The van der Waals surface area contributed by atoms with E-state index in [0.717, 1.165) is 18.8 Å². The Morgan fingerprint density at radius 2 is 1.48 bits per heavy atom. The molecule has 0 aliphatic heterocycles. The first kappa shape index (κ1) is 15.3. The number of hydrogen-bond donors (Lipinski definition) is 1. The van der Waals surface area contributed by atoms with Gasteiger partial charge < -0.3 is 10.2 Å². The summed E-state index contributed by atoms with van der Waals surface area (Å²) in [4.78, 5) is 2.24. The zero-order valence-corrected chi connectivity index (χ0v) is 12.9. The lowest BCUT2D eigenvalue weighted by atomic mass is 9.88. The SMILES string of the molecule is C=C(C(c1ccccc1)c1ccccc1)N(C)CCNC. The first-order chi connectivity index (χ1) is 10.2. The molecule has 0 fully saturated rings. The molecule has 21 heavy (non-hydrogen) atoms. The Morgan fingerprint density at radius 3 is 1.90 bits per heavy atom. The van der Waals surface area contributed by atoms with Gasteiger partial charge in [-0.3, -0.25) is 0 Å². The molecule has 0 saturated heterocycles. The second kappa shape index (κ2) is 7.65. The van der Waals surface area contributed by atoms with Gasteiger partial charge in [0.2, 0.25) is 0 Å². The highest BCUT2D eigenvalue weighted by atomic mass is 15.1. The first-order valence-corrected chi connectivity index (χ1v) is 7.38. The minimum Gasteiger partial charge on any atom is -0.376 e. The molecule has 2 rings (SSSR count). The topological polar surface area (TPSA) is 15.3 Å². The molecule has 2 nitrogen and oxygen atoms in total. The van der Waals surface area contributed by atoms with E-state index in [-0.39, 0.29) is 5.92 Å². The van der Waals surface area contributed by atoms with Gasteiger partial charge in [-0.25, -0.2) is 0 Å². The van der Waals surface area contributed by atoms with Crippen molar-refractivity contribution in [1.82, 2.24) is 10.2 Å². The van der Waals surface area contributed by atoms with Crippen LogP contribution in [0.4, 0.5) is 0 Å². The smallest absolute Gasteiger partial charge is 0.0483 e. The number of rotatable bonds is 7. The van der Waals surface area contributed by atoms with Crippen LogP contribution < -0.4 is 5.32 Å². The van der Waals surface area contributed by atoms with Crippen LogP contribution in [-0.2, 0) is 0 Å². The highest BCUT2D eigenvalue weighted by Crippen LogP contribution is 2.31. The van der Waals surface area contributed by atoms with Gasteiger partial charge in [0.05, 0.1) is 0 Å². The predicted molar refractivity (Wildman–Crippen MR) is 90.4 cm³/mol. The fourth-order valence-electron chi connectivity index (χ4n) is 2.51. The Bertz CT molecular complexity index is 509. The van der Waals surface area contributed by atoms with Crippen molar-refractivity contribution in [2.24, 2.45) is 0 Å². The third kappa shape index (κ3) is 3.96. The molecule has 2 aromatic rings. The van der Waals surface area contributed by atoms with E-state index in [1.165, 1.54) is 11.1 Å². The summed E-state index contributed by atoms with van der Waals surface area (Å²) in [6.45, 7) is 6.26. The van der Waals surface area contributed by atoms with Crippen LogP contribution in [0.15, 0.2) is 72.9 Å². The van der Waals surface area contributed by atoms with Crippen molar-refractivity contribution in [3.05, 3.63) is 84.1 Å². The summed E-state index contributed by atoms with van der Waals surface area (Å²) in [6.07, 6.45) is 0. The summed E-state index contributed by atoms with van der Waals surface area (Å²) in [7, 11) is 4.08. The van der Waals surface area contributed by atoms with Gasteiger partial charge in [-0.1, -0.05) is 67.2 Å². The Kier molecular flexibility index (Phi) is 5.59. The standard InChI is InChI=1S/C19H24N2/c1-16(21(3)15-14-20-2)19(17-10-6-4-7-11-17)18-12-8-5-9-13-18/h4-13,19-20H,1,14-15H2,2-3H3. The zero-order chi connectivity index (χ0) is 15.1. The fraction of sp³-hybridized carbons (Fsp3) is 0.263. The van der Waals surface area contributed by atoms with Crippen LogP contribution in [-0.4, -0.2) is 32.1 Å². The normalized spacial score (nSPS) is 10.6. The van der Waals surface area contributed by atoms with Crippen molar-refractivity contribution >= 4 is 0 Å². The maximum Gasteiger partial charge on any atom is 0.0483 e. The van der Waals surface area contributed by atoms with Gasteiger partial charge >= 0.3 is 0 Å². The number of allylic oxidation sites excluding steroid dienone is 1. The lowest BCUT2D eigenvalue weighted by molar-refractivity contribution is 0.397. The maximum atomic E-state index is 4.36. The van der Waals surface area contributed by atoms with Crippen molar-refractivity contribution in [2.75, 3.05) is 27.2 Å². The monoisotopic (exact) mass is 280 g/mol. The van der Waals surface area contributed by atoms with Crippen molar-refractivity contribution in [2.45, 2.75) is 5.92 Å². The van der Waals surface area contributed by atoms with E-state index >= 15 is 0 Å². The van der Waals surface area contributed by atoms with Crippen LogP contribution in [0.3, 0.4) is 0 Å². The second-order valence-electron chi connectivity index (χ2n) is 5.27. The minimum absolute atomic E-state index is 0.203. The van der Waals surface area contributed by atoms with Crippen LogP contribution in [0.2, 0.25) is 0 Å². The van der Waals surface area contributed by atoms with Crippen molar-refractivity contribution in [1.29, 1.82) is 0 Å². The number of hydrogen-bond acceptors (Lipinski definition) is 2. The molecule has 1 N–H and O–H groups in total. The summed E-state index contributed by atoms with van der Waals surface area (Å²) in [5.41, 5.74) is 3.69. The van der Waals surface area contributed by atoms with Gasteiger partial charge in [0.25, 0.3) is 0 Å². The number of nitrogens with zero attached hydrogens (tertiary/aromatic N) is 1. The second-order valence-corrected chi connectivity index (χ2v) is 5.27. The summed E-state index contributed by atoms with van der Waals surface area (Å²) in [5, 5.41) is 3.19. The molecule has 2 aromatic carbocycles. The molecule has 0 aromatic heterocycles. The first-order valence-electron chi connectivity index (χ1n) is 7.38. The highest BCUT2D eigenvalue weighted by Gasteiger charge is 2.19. The molecule has 2 heteroatoms. The van der Waals surface area contributed by atoms with Crippen LogP contribution >= 0.6 is 0 Å². The van der Waals surface area contributed by atoms with Gasteiger partial charge in [-0.15, -0.1) is 0 Å². The van der Waals surface area contributed by atoms with Crippen molar-refractivity contribution in [3.8, 4) is 0 Å². The molecular formula is C19H24N2. The Balaban J connectivity index is 2.31. The van der Waals surface area contributed by atoms with E-state index in [2.05, 4.69) is 84.5 Å². The maximum absolute atomic E-state index is 4.36. The van der Waals surface area contributed by atoms with Gasteiger partial charge in [-0.2, -0.15) is 0 Å². The number of likely N-dealkylation sites (N-methyl/N-ethyl adjacent to an activating group) is 2. The van der Waals surface area contributed by atoms with Crippen molar-refractivity contribution in [3.63, 3.8) is 0 Å². The van der Waals surface area contributed by atoms with Gasteiger partial charge in [0.1, 0.15) is 0 Å². The van der Waals surface area contributed by atoms with E-state index in [1.54, 1.807) is 0 Å². The molecule has 0 heterocycles. The molecule has 0 radical (unpaired) electrons. The molecule has 110 valence electrons. The number of nitrogens with one attached hydrogen (secondary N) is 1. The van der Waals surface area contributed by atoms with Crippen molar-refractivity contribution < 1.29 is 0 Å². The van der Waals surface area contributed by atoms with E-state index in [4.69, 9.17) is 0 Å². The molecule has 0 aliphatic rings. The summed E-state index contributed by atoms with van der Waals surface area (Å²) < 4.78 is 0. The van der Waals surface area contributed by atoms with Crippen LogP contribution in [0.1, 0.15) is 17.0 Å². The average Bonchev–Trinajstić information content (AvgIpc) is 2.54. The summed E-state index contributed by atoms with van der Waals surface area (Å²) in [5.74, 6) is 0.203. The van der Waals surface area contributed by atoms with Gasteiger partial charge in [-0.05, 0) is 18.2 Å². The molecular weight excluding hydrogens is 256 g/mol. The molecule has 0 unspecified atom stereocenters. The minimum atomic E-state index is 0.203. The molecule has 0 saturated carbocycles. The van der Waals surface area contributed by atoms with E-state index in [1.807, 2.05) is 7.05 Å². The average molecular weight is 280 g/mol. The van der Waals surface area contributed by atoms with E-state index in [9.17, 15) is 0 Å². The zero-order valence-electron chi connectivity index (χ0n) is 12.9. The largest absolute Gasteiger partial charge is 0.376 e. The van der Waals surface area contributed by atoms with Gasteiger partial charge in [0, 0.05) is 31.8 Å². The Morgan fingerprint density at radius 1 is 1.00 bits per heavy atom.